The minimum absolute atomic E-state index is 0.288. The van der Waals surface area contributed by atoms with Crippen molar-refractivity contribution in [1.29, 1.82) is 0 Å². The molecule has 0 bridgehead atoms. The van der Waals surface area contributed by atoms with Crippen LogP contribution in [-0.4, -0.2) is 28.8 Å². The van der Waals surface area contributed by atoms with Crippen LogP contribution in [0.1, 0.15) is 10.4 Å². The first-order valence-electron chi connectivity index (χ1n) is 5.23. The first kappa shape index (κ1) is 14.3. The first-order valence-corrected chi connectivity index (χ1v) is 6.36. The van der Waals surface area contributed by atoms with Crippen molar-refractivity contribution >= 4 is 51.5 Å². The van der Waals surface area contributed by atoms with Gasteiger partial charge in [0, 0.05) is 23.2 Å². The van der Waals surface area contributed by atoms with E-state index in [-0.39, 0.29) is 5.56 Å². The van der Waals surface area contributed by atoms with Gasteiger partial charge in [-0.3, -0.25) is 4.79 Å². The van der Waals surface area contributed by atoms with Gasteiger partial charge in [0.1, 0.15) is 0 Å². The number of benzene rings is 1. The standard InChI is InChI=1S/C12H10Cl3NO3/c1-18-9-3-6-7(11(17)12(13,14)15)5-16-8(6)4-10(9)19-2/h3-5,16H,1-2H3. The fourth-order valence-corrected chi connectivity index (χ4v) is 2.09. The van der Waals surface area contributed by atoms with Crippen LogP contribution in [0.3, 0.4) is 0 Å². The molecule has 0 aliphatic rings. The molecule has 0 aliphatic heterocycles. The zero-order chi connectivity index (χ0) is 14.2. The molecule has 4 nitrogen and oxygen atoms in total. The monoisotopic (exact) mass is 321 g/mol. The molecule has 19 heavy (non-hydrogen) atoms. The average molecular weight is 323 g/mol. The van der Waals surface area contributed by atoms with Crippen molar-refractivity contribution in [2.75, 3.05) is 14.2 Å². The third kappa shape index (κ3) is 2.61. The average Bonchev–Trinajstić information content (AvgIpc) is 2.77. The van der Waals surface area contributed by atoms with Crippen molar-refractivity contribution in [3.63, 3.8) is 0 Å². The molecule has 0 spiro atoms. The highest BCUT2D eigenvalue weighted by atomic mass is 35.6. The van der Waals surface area contributed by atoms with E-state index in [9.17, 15) is 4.79 Å². The molecule has 2 rings (SSSR count). The molecule has 0 radical (unpaired) electrons. The Morgan fingerprint density at radius 1 is 1.16 bits per heavy atom. The molecule has 0 saturated carbocycles. The number of ether oxygens (including phenoxy) is 2. The Morgan fingerprint density at radius 2 is 1.74 bits per heavy atom. The number of methoxy groups -OCH3 is 2. The van der Waals surface area contributed by atoms with E-state index >= 15 is 0 Å². The molecule has 0 fully saturated rings. The second-order valence-electron chi connectivity index (χ2n) is 3.78. The van der Waals surface area contributed by atoms with Gasteiger partial charge in [0.05, 0.1) is 19.7 Å². The van der Waals surface area contributed by atoms with Crippen LogP contribution >= 0.6 is 34.8 Å². The van der Waals surface area contributed by atoms with E-state index in [4.69, 9.17) is 44.3 Å². The largest absolute Gasteiger partial charge is 0.493 e. The van der Waals surface area contributed by atoms with E-state index in [0.717, 1.165) is 0 Å². The molecule has 1 aromatic carbocycles. The van der Waals surface area contributed by atoms with Gasteiger partial charge < -0.3 is 14.5 Å². The van der Waals surface area contributed by atoms with E-state index in [0.29, 0.717) is 22.4 Å². The smallest absolute Gasteiger partial charge is 0.253 e. The minimum atomic E-state index is -2.00. The second-order valence-corrected chi connectivity index (χ2v) is 6.06. The van der Waals surface area contributed by atoms with Crippen LogP contribution in [0, 0.1) is 0 Å². The molecular weight excluding hydrogens is 312 g/mol. The molecule has 1 aromatic heterocycles. The van der Waals surface area contributed by atoms with E-state index < -0.39 is 9.58 Å². The summed E-state index contributed by atoms with van der Waals surface area (Å²) in [7, 11) is 3.03. The lowest BCUT2D eigenvalue weighted by Gasteiger charge is -2.10. The number of H-pyrrole nitrogens is 1. The van der Waals surface area contributed by atoms with Gasteiger partial charge in [0.2, 0.25) is 5.78 Å². The van der Waals surface area contributed by atoms with E-state index in [2.05, 4.69) is 4.98 Å². The van der Waals surface area contributed by atoms with Crippen molar-refractivity contribution in [2.24, 2.45) is 0 Å². The summed E-state index contributed by atoms with van der Waals surface area (Å²) in [5, 5.41) is 0.606. The van der Waals surface area contributed by atoms with Crippen LogP contribution in [0.5, 0.6) is 11.5 Å². The van der Waals surface area contributed by atoms with Crippen molar-refractivity contribution in [3.05, 3.63) is 23.9 Å². The summed E-state index contributed by atoms with van der Waals surface area (Å²) in [5.41, 5.74) is 0.978. The van der Waals surface area contributed by atoms with Gasteiger partial charge in [0.25, 0.3) is 3.79 Å². The maximum atomic E-state index is 12.0. The Bertz CT molecular complexity index is 631. The van der Waals surface area contributed by atoms with Gasteiger partial charge in [-0.25, -0.2) is 0 Å². The summed E-state index contributed by atoms with van der Waals surface area (Å²) in [6, 6.07) is 3.37. The van der Waals surface area contributed by atoms with Crippen LogP contribution in [0.2, 0.25) is 0 Å². The number of hydrogen-bond acceptors (Lipinski definition) is 3. The van der Waals surface area contributed by atoms with Crippen LogP contribution in [0.15, 0.2) is 18.3 Å². The van der Waals surface area contributed by atoms with Crippen molar-refractivity contribution in [2.45, 2.75) is 3.79 Å². The number of rotatable bonds is 3. The van der Waals surface area contributed by atoms with Gasteiger partial charge in [-0.2, -0.15) is 0 Å². The van der Waals surface area contributed by atoms with E-state index in [1.54, 1.807) is 12.1 Å². The highest BCUT2D eigenvalue weighted by Crippen LogP contribution is 2.37. The van der Waals surface area contributed by atoms with Gasteiger partial charge >= 0.3 is 0 Å². The molecular formula is C12H10Cl3NO3. The van der Waals surface area contributed by atoms with Gasteiger partial charge in [0.15, 0.2) is 11.5 Å². The Labute approximate surface area is 124 Å². The highest BCUT2D eigenvalue weighted by Gasteiger charge is 2.33. The normalized spacial score (nSPS) is 11.6. The highest BCUT2D eigenvalue weighted by molar-refractivity contribution is 6.77. The Kier molecular flexibility index (Phi) is 3.85. The number of halogens is 3. The summed E-state index contributed by atoms with van der Waals surface area (Å²) in [6.07, 6.45) is 1.49. The Balaban J connectivity index is 2.63. The molecule has 0 atom stereocenters. The number of aromatic amines is 1. The zero-order valence-electron chi connectivity index (χ0n) is 10.1. The summed E-state index contributed by atoms with van der Waals surface area (Å²) in [6.45, 7) is 0. The molecule has 0 aliphatic carbocycles. The van der Waals surface area contributed by atoms with Crippen LogP contribution in [-0.2, 0) is 0 Å². The van der Waals surface area contributed by atoms with Gasteiger partial charge in [-0.05, 0) is 6.07 Å². The van der Waals surface area contributed by atoms with Gasteiger partial charge in [-0.1, -0.05) is 34.8 Å². The predicted octanol–water partition coefficient (Wildman–Crippen LogP) is 3.74. The third-order valence-corrected chi connectivity index (χ3v) is 3.20. The van der Waals surface area contributed by atoms with Crippen LogP contribution < -0.4 is 9.47 Å². The molecule has 7 heteroatoms. The summed E-state index contributed by atoms with van der Waals surface area (Å²) >= 11 is 16.9. The number of aromatic nitrogens is 1. The predicted molar refractivity (Wildman–Crippen MR) is 76.0 cm³/mol. The van der Waals surface area contributed by atoms with Gasteiger partial charge in [-0.15, -0.1) is 0 Å². The Hall–Kier alpha value is -1.10. The molecule has 1 heterocycles. The number of Topliss-reactive ketones (excluding diaryl/α,β-unsaturated/α-hetero) is 1. The summed E-state index contributed by atoms with van der Waals surface area (Å²) in [5.74, 6) is 0.439. The number of nitrogens with one attached hydrogen (secondary N) is 1. The first-order chi connectivity index (χ1) is 8.88. The zero-order valence-corrected chi connectivity index (χ0v) is 12.4. The van der Waals surface area contributed by atoms with E-state index in [1.165, 1.54) is 20.4 Å². The fourth-order valence-electron chi connectivity index (χ4n) is 1.79. The number of carbonyl (C=O) groups excluding carboxylic acids is 1. The minimum Gasteiger partial charge on any atom is -0.493 e. The van der Waals surface area contributed by atoms with E-state index in [1.807, 2.05) is 0 Å². The third-order valence-electron chi connectivity index (χ3n) is 2.69. The molecule has 1 N–H and O–H groups in total. The number of fused-ring (bicyclic) bond motifs is 1. The number of ketones is 1. The lowest BCUT2D eigenvalue weighted by Crippen LogP contribution is -2.18. The maximum Gasteiger partial charge on any atom is 0.253 e. The fraction of sp³-hybridized carbons (Fsp3) is 0.250. The number of hydrogen-bond donors (Lipinski definition) is 1. The SMILES string of the molecule is COc1cc2[nH]cc(C(=O)C(Cl)(Cl)Cl)c2cc1OC. The second kappa shape index (κ2) is 5.12. The lowest BCUT2D eigenvalue weighted by atomic mass is 10.1. The topological polar surface area (TPSA) is 51.3 Å². The van der Waals surface area contributed by atoms with Crippen molar-refractivity contribution < 1.29 is 14.3 Å². The number of carbonyl (C=O) groups is 1. The van der Waals surface area contributed by atoms with Crippen molar-refractivity contribution in [1.82, 2.24) is 4.98 Å². The Morgan fingerprint density at radius 3 is 2.26 bits per heavy atom. The summed E-state index contributed by atoms with van der Waals surface area (Å²) < 4.78 is 8.36. The number of alkyl halides is 3. The molecule has 2 aromatic rings. The summed E-state index contributed by atoms with van der Waals surface area (Å²) in [4.78, 5) is 14.9. The van der Waals surface area contributed by atoms with Crippen LogP contribution in [0.4, 0.5) is 0 Å². The molecule has 0 amide bonds. The molecule has 0 unspecified atom stereocenters. The van der Waals surface area contributed by atoms with Crippen molar-refractivity contribution in [3.8, 4) is 11.5 Å². The molecule has 102 valence electrons. The lowest BCUT2D eigenvalue weighted by molar-refractivity contribution is 0.0998. The quantitative estimate of drug-likeness (QED) is 0.692. The molecule has 0 saturated heterocycles. The van der Waals surface area contributed by atoms with Crippen LogP contribution in [0.25, 0.3) is 10.9 Å². The maximum absolute atomic E-state index is 12.0.